The second kappa shape index (κ2) is 8.57. The Morgan fingerprint density at radius 1 is 1.17 bits per heavy atom. The van der Waals surface area contributed by atoms with Crippen molar-refractivity contribution in [3.05, 3.63) is 48.5 Å². The highest BCUT2D eigenvalue weighted by Gasteiger charge is 2.30. The summed E-state index contributed by atoms with van der Waals surface area (Å²) in [6.45, 7) is 2.99. The molecule has 0 unspecified atom stereocenters. The predicted octanol–water partition coefficient (Wildman–Crippen LogP) is 3.75. The van der Waals surface area contributed by atoms with Crippen molar-refractivity contribution in [1.29, 1.82) is 0 Å². The number of benzene rings is 2. The first-order chi connectivity index (χ1) is 14.2. The topological polar surface area (TPSA) is 75.5 Å². The average Bonchev–Trinajstić information content (AvgIpc) is 3.35. The molecule has 0 radical (unpaired) electrons. The first-order valence-corrected chi connectivity index (χ1v) is 10.2. The third-order valence-corrected chi connectivity index (χ3v) is 5.69. The molecule has 0 bridgehead atoms. The Bertz CT molecular complexity index is 1000. The number of hydrogen-bond acceptors (Lipinski definition) is 7. The van der Waals surface area contributed by atoms with Crippen molar-refractivity contribution < 1.29 is 19.0 Å². The molecular formula is C21H21N3O4S. The van der Waals surface area contributed by atoms with Crippen LogP contribution in [0.1, 0.15) is 13.3 Å². The van der Waals surface area contributed by atoms with Crippen LogP contribution in [0.4, 0.5) is 0 Å². The number of thioether (sulfide) groups is 1. The number of hydrogen-bond donors (Lipinski definition) is 0. The number of aromatic nitrogens is 3. The Balaban J connectivity index is 1.77. The van der Waals surface area contributed by atoms with Crippen molar-refractivity contribution >= 4 is 17.7 Å². The molecule has 0 amide bonds. The van der Waals surface area contributed by atoms with Gasteiger partial charge in [0.2, 0.25) is 0 Å². The molecule has 1 fully saturated rings. The van der Waals surface area contributed by atoms with Crippen molar-refractivity contribution in [2.75, 3.05) is 20.3 Å². The maximum absolute atomic E-state index is 12.0. The largest absolute Gasteiger partial charge is 0.497 e. The Hall–Kier alpha value is -3.00. The maximum Gasteiger partial charge on any atom is 0.319 e. The molecule has 8 heteroatoms. The average molecular weight is 411 g/mol. The summed E-state index contributed by atoms with van der Waals surface area (Å²) in [4.78, 5) is 12.0. The highest BCUT2D eigenvalue weighted by atomic mass is 32.2. The normalized spacial score (nSPS) is 15.9. The van der Waals surface area contributed by atoms with Crippen LogP contribution in [-0.4, -0.2) is 46.3 Å². The molecule has 3 aromatic rings. The fourth-order valence-electron chi connectivity index (χ4n) is 3.10. The summed E-state index contributed by atoms with van der Waals surface area (Å²) in [6.07, 6.45) is 0.661. The van der Waals surface area contributed by atoms with Crippen LogP contribution in [0.25, 0.3) is 17.1 Å². The number of carbonyl (C=O) groups is 1. The minimum absolute atomic E-state index is 0.209. The zero-order valence-corrected chi connectivity index (χ0v) is 17.0. The summed E-state index contributed by atoms with van der Waals surface area (Å²) >= 11 is 1.37. The molecule has 0 N–H and O–H groups in total. The van der Waals surface area contributed by atoms with Gasteiger partial charge in [-0.15, -0.1) is 10.2 Å². The first-order valence-electron chi connectivity index (χ1n) is 9.36. The molecule has 0 aliphatic carbocycles. The molecule has 150 valence electrons. The van der Waals surface area contributed by atoms with E-state index in [1.54, 1.807) is 7.11 Å². The van der Waals surface area contributed by atoms with Crippen LogP contribution in [0.15, 0.2) is 53.7 Å². The number of methoxy groups -OCH3 is 1. The highest BCUT2D eigenvalue weighted by Crippen LogP contribution is 2.34. The molecule has 29 heavy (non-hydrogen) atoms. The van der Waals surface area contributed by atoms with Crippen molar-refractivity contribution in [3.8, 4) is 28.6 Å². The summed E-state index contributed by atoms with van der Waals surface area (Å²) in [5, 5.41) is 9.15. The van der Waals surface area contributed by atoms with E-state index < -0.39 is 0 Å². The van der Waals surface area contributed by atoms with Crippen LogP contribution in [0.2, 0.25) is 0 Å². The molecule has 0 spiro atoms. The van der Waals surface area contributed by atoms with E-state index in [0.717, 1.165) is 22.7 Å². The van der Waals surface area contributed by atoms with E-state index >= 15 is 0 Å². The smallest absolute Gasteiger partial charge is 0.319 e. The van der Waals surface area contributed by atoms with Gasteiger partial charge in [-0.05, 0) is 43.3 Å². The molecular weight excluding hydrogens is 390 g/mol. The monoisotopic (exact) mass is 411 g/mol. The van der Waals surface area contributed by atoms with Crippen LogP contribution in [0.3, 0.4) is 0 Å². The first kappa shape index (κ1) is 19.3. The molecule has 2 heterocycles. The van der Waals surface area contributed by atoms with Crippen LogP contribution in [0, 0.1) is 0 Å². The quantitative estimate of drug-likeness (QED) is 0.548. The molecule has 1 saturated heterocycles. The van der Waals surface area contributed by atoms with Gasteiger partial charge in [-0.25, -0.2) is 0 Å². The van der Waals surface area contributed by atoms with E-state index in [1.165, 1.54) is 11.8 Å². The second-order valence-electron chi connectivity index (χ2n) is 6.36. The molecule has 4 rings (SSSR count). The van der Waals surface area contributed by atoms with Gasteiger partial charge in [0.05, 0.1) is 20.3 Å². The predicted molar refractivity (Wildman–Crippen MR) is 110 cm³/mol. The fourth-order valence-corrected chi connectivity index (χ4v) is 4.12. The number of nitrogens with zero attached hydrogens (tertiary/aromatic N) is 3. The van der Waals surface area contributed by atoms with Gasteiger partial charge in [0.25, 0.3) is 0 Å². The number of cyclic esters (lactones) is 1. The Labute approximate surface area is 173 Å². The molecule has 1 aliphatic heterocycles. The Morgan fingerprint density at radius 3 is 2.69 bits per heavy atom. The third-order valence-electron chi connectivity index (χ3n) is 4.50. The minimum Gasteiger partial charge on any atom is -0.497 e. The van der Waals surface area contributed by atoms with Gasteiger partial charge in [-0.1, -0.05) is 23.9 Å². The van der Waals surface area contributed by atoms with Gasteiger partial charge in [-0.3, -0.25) is 9.36 Å². The summed E-state index contributed by atoms with van der Waals surface area (Å²) in [7, 11) is 1.63. The van der Waals surface area contributed by atoms with E-state index in [1.807, 2.05) is 60.0 Å². The third kappa shape index (κ3) is 4.07. The standard InChI is InChI=1S/C21H21N3O4S/c1-3-27-16-9-7-15(8-10-16)24-19(14-5-4-6-17(13-14)26-2)22-23-21(24)29-18-11-12-28-20(18)25/h4-10,13,18H,3,11-12H2,1-2H3/t18-/m0/s1. The van der Waals surface area contributed by atoms with Crippen molar-refractivity contribution in [2.24, 2.45) is 0 Å². The molecule has 1 aliphatic rings. The van der Waals surface area contributed by atoms with Crippen molar-refractivity contribution in [1.82, 2.24) is 14.8 Å². The van der Waals surface area contributed by atoms with Crippen molar-refractivity contribution in [3.63, 3.8) is 0 Å². The lowest BCUT2D eigenvalue weighted by Gasteiger charge is -2.13. The number of rotatable bonds is 7. The molecule has 2 aromatic carbocycles. The highest BCUT2D eigenvalue weighted by molar-refractivity contribution is 8.00. The molecule has 1 atom stereocenters. The van der Waals surface area contributed by atoms with Crippen LogP contribution in [0.5, 0.6) is 11.5 Å². The molecule has 7 nitrogen and oxygen atoms in total. The van der Waals surface area contributed by atoms with Gasteiger partial charge in [0.1, 0.15) is 16.7 Å². The Kier molecular flexibility index (Phi) is 5.71. The lowest BCUT2D eigenvalue weighted by Crippen LogP contribution is -2.11. The van der Waals surface area contributed by atoms with E-state index in [0.29, 0.717) is 30.6 Å². The SMILES string of the molecule is CCOc1ccc(-n2c(S[C@H]3CCOC3=O)nnc2-c2cccc(OC)c2)cc1. The van der Waals surface area contributed by atoms with E-state index in [4.69, 9.17) is 14.2 Å². The fraction of sp³-hybridized carbons (Fsp3) is 0.286. The minimum atomic E-state index is -0.279. The zero-order valence-electron chi connectivity index (χ0n) is 16.2. The Morgan fingerprint density at radius 2 is 2.00 bits per heavy atom. The van der Waals surface area contributed by atoms with Gasteiger partial charge < -0.3 is 14.2 Å². The van der Waals surface area contributed by atoms with E-state index in [-0.39, 0.29) is 11.2 Å². The summed E-state index contributed by atoms with van der Waals surface area (Å²) in [5.41, 5.74) is 1.75. The number of carbonyl (C=O) groups excluding carboxylic acids is 1. The van der Waals surface area contributed by atoms with Gasteiger partial charge in [0, 0.05) is 17.7 Å². The molecule has 1 aromatic heterocycles. The van der Waals surface area contributed by atoms with Gasteiger partial charge >= 0.3 is 5.97 Å². The summed E-state index contributed by atoms with van der Waals surface area (Å²) in [5.74, 6) is 1.99. The number of ether oxygens (including phenoxy) is 3. The second-order valence-corrected chi connectivity index (χ2v) is 7.53. The van der Waals surface area contributed by atoms with E-state index in [9.17, 15) is 4.79 Å². The van der Waals surface area contributed by atoms with Crippen LogP contribution >= 0.6 is 11.8 Å². The van der Waals surface area contributed by atoms with Crippen LogP contribution < -0.4 is 9.47 Å². The van der Waals surface area contributed by atoms with Crippen LogP contribution in [-0.2, 0) is 9.53 Å². The lowest BCUT2D eigenvalue weighted by molar-refractivity contribution is -0.137. The molecule has 0 saturated carbocycles. The van der Waals surface area contributed by atoms with Gasteiger partial charge in [0.15, 0.2) is 11.0 Å². The van der Waals surface area contributed by atoms with Crippen molar-refractivity contribution in [2.45, 2.75) is 23.8 Å². The zero-order chi connectivity index (χ0) is 20.2. The maximum atomic E-state index is 12.0. The van der Waals surface area contributed by atoms with E-state index in [2.05, 4.69) is 10.2 Å². The summed E-state index contributed by atoms with van der Waals surface area (Å²) in [6, 6.07) is 15.4. The van der Waals surface area contributed by atoms with Gasteiger partial charge in [-0.2, -0.15) is 0 Å². The summed E-state index contributed by atoms with van der Waals surface area (Å²) < 4.78 is 17.9. The number of esters is 1. The lowest BCUT2D eigenvalue weighted by atomic mass is 10.2.